The quantitative estimate of drug-likeness (QED) is 0.626. The molecule has 0 aliphatic carbocycles. The maximum Gasteiger partial charge on any atom is 0.292 e. The van der Waals surface area contributed by atoms with Crippen molar-refractivity contribution in [3.63, 3.8) is 0 Å². The number of anilines is 1. The number of nitrogens with one attached hydrogen (secondary N) is 1. The third-order valence-electron chi connectivity index (χ3n) is 5.81. The van der Waals surface area contributed by atoms with Crippen LogP contribution in [-0.2, 0) is 19.6 Å². The minimum absolute atomic E-state index is 0.0591. The molecule has 0 radical (unpaired) electrons. The van der Waals surface area contributed by atoms with Gasteiger partial charge in [0, 0.05) is 10.0 Å². The molecule has 2 aromatic rings. The minimum Gasteiger partial charge on any atom is -0.497 e. The summed E-state index contributed by atoms with van der Waals surface area (Å²) in [6.45, 7) is 1.35. The van der Waals surface area contributed by atoms with Gasteiger partial charge in [0.05, 0.1) is 50.3 Å². The van der Waals surface area contributed by atoms with Gasteiger partial charge in [0.2, 0.25) is 15.9 Å². The summed E-state index contributed by atoms with van der Waals surface area (Å²) in [6, 6.07) is 10.3. The lowest BCUT2D eigenvalue weighted by Crippen LogP contribution is -3.19. The van der Waals surface area contributed by atoms with E-state index in [9.17, 15) is 18.0 Å². The number of benzene rings is 2. The fraction of sp³-hybridized carbons (Fsp3) is 0.333. The second-order valence-corrected chi connectivity index (χ2v) is 10.5. The summed E-state index contributed by atoms with van der Waals surface area (Å²) in [7, 11) is -2.13. The highest BCUT2D eigenvalue weighted by atomic mass is 35.5. The molecule has 0 bridgehead atoms. The lowest BCUT2D eigenvalue weighted by molar-refractivity contribution is -0.918. The number of ether oxygens (including phenoxy) is 1. The van der Waals surface area contributed by atoms with Crippen molar-refractivity contribution in [2.75, 3.05) is 38.2 Å². The van der Waals surface area contributed by atoms with E-state index in [1.165, 1.54) is 41.7 Å². The SMILES string of the molecule is COc1ccc(S(=O)(=O)N2CC[NH+]([C@@H]3CC(=O)N(c4cc(Cl)cc(Cl)c4)C3=O)CC2)cc1. The molecule has 2 aliphatic heterocycles. The van der Waals surface area contributed by atoms with Crippen LogP contribution in [0.2, 0.25) is 10.0 Å². The first-order valence-corrected chi connectivity index (χ1v) is 12.2. The number of carbonyl (C=O) groups excluding carboxylic acids is 2. The van der Waals surface area contributed by atoms with Crippen LogP contribution in [0, 0.1) is 0 Å². The van der Waals surface area contributed by atoms with Gasteiger partial charge in [0.1, 0.15) is 5.75 Å². The lowest BCUT2D eigenvalue weighted by atomic mass is 10.2. The van der Waals surface area contributed by atoms with E-state index in [0.29, 0.717) is 34.6 Å². The van der Waals surface area contributed by atoms with Crippen molar-refractivity contribution in [1.29, 1.82) is 0 Å². The number of amides is 2. The van der Waals surface area contributed by atoms with Gasteiger partial charge in [-0.1, -0.05) is 23.2 Å². The molecule has 11 heteroatoms. The largest absolute Gasteiger partial charge is 0.497 e. The zero-order valence-electron chi connectivity index (χ0n) is 17.3. The van der Waals surface area contributed by atoms with Crippen molar-refractivity contribution in [2.24, 2.45) is 0 Å². The summed E-state index contributed by atoms with van der Waals surface area (Å²) in [5, 5.41) is 0.669. The van der Waals surface area contributed by atoms with Crippen LogP contribution in [0.4, 0.5) is 5.69 Å². The van der Waals surface area contributed by atoms with Gasteiger partial charge < -0.3 is 9.64 Å². The molecule has 0 saturated carbocycles. The number of imide groups is 1. The number of nitrogens with zero attached hydrogens (tertiary/aromatic N) is 2. The first-order valence-electron chi connectivity index (χ1n) is 10.0. The Morgan fingerprint density at radius 3 is 2.16 bits per heavy atom. The summed E-state index contributed by atoms with van der Waals surface area (Å²) >= 11 is 12.1. The van der Waals surface area contributed by atoms with Gasteiger partial charge in [-0.05, 0) is 42.5 Å². The molecular weight excluding hydrogens is 477 g/mol. The Kier molecular flexibility index (Phi) is 6.46. The first kappa shape index (κ1) is 23.0. The fourth-order valence-corrected chi connectivity index (χ4v) is 6.11. The molecule has 2 aromatic carbocycles. The molecule has 2 fully saturated rings. The van der Waals surface area contributed by atoms with E-state index in [1.807, 2.05) is 0 Å². The van der Waals surface area contributed by atoms with Crippen LogP contribution in [0.5, 0.6) is 5.75 Å². The zero-order valence-corrected chi connectivity index (χ0v) is 19.6. The third kappa shape index (κ3) is 4.35. The third-order valence-corrected chi connectivity index (χ3v) is 8.16. The standard InChI is InChI=1S/C21H21Cl2N3O5S/c1-31-17-2-4-18(5-3-17)32(29,30)25-8-6-24(7-9-25)19-13-20(27)26(21(19)28)16-11-14(22)10-15(23)12-16/h2-5,10-12,19H,6-9,13H2,1H3/p+1/t19-/m1/s1. The molecule has 170 valence electrons. The normalized spacial score (nSPS) is 20.7. The molecule has 2 saturated heterocycles. The highest BCUT2D eigenvalue weighted by molar-refractivity contribution is 7.89. The van der Waals surface area contributed by atoms with Gasteiger partial charge in [-0.25, -0.2) is 13.3 Å². The van der Waals surface area contributed by atoms with Crippen LogP contribution in [0.15, 0.2) is 47.4 Å². The zero-order chi connectivity index (χ0) is 23.0. The average Bonchev–Trinajstić information content (AvgIpc) is 3.07. The van der Waals surface area contributed by atoms with Crippen molar-refractivity contribution in [3.05, 3.63) is 52.5 Å². The molecule has 0 aromatic heterocycles. The van der Waals surface area contributed by atoms with E-state index in [1.54, 1.807) is 12.1 Å². The number of quaternary nitrogens is 1. The smallest absolute Gasteiger partial charge is 0.292 e. The molecule has 8 nitrogen and oxygen atoms in total. The number of piperazine rings is 1. The Balaban J connectivity index is 1.45. The van der Waals surface area contributed by atoms with Crippen molar-refractivity contribution in [1.82, 2.24) is 4.31 Å². The molecule has 2 amide bonds. The van der Waals surface area contributed by atoms with Gasteiger partial charge in [-0.2, -0.15) is 4.31 Å². The predicted molar refractivity (Wildman–Crippen MR) is 120 cm³/mol. The summed E-state index contributed by atoms with van der Waals surface area (Å²) in [6.07, 6.45) is 0.0591. The molecule has 1 atom stereocenters. The Morgan fingerprint density at radius 2 is 1.59 bits per heavy atom. The maximum atomic E-state index is 13.1. The van der Waals surface area contributed by atoms with Crippen LogP contribution < -0.4 is 14.5 Å². The molecule has 2 heterocycles. The summed E-state index contributed by atoms with van der Waals surface area (Å²) in [5.74, 6) is -0.0675. The Morgan fingerprint density at radius 1 is 1.00 bits per heavy atom. The van der Waals surface area contributed by atoms with E-state index < -0.39 is 16.1 Å². The van der Waals surface area contributed by atoms with E-state index in [0.717, 1.165) is 9.80 Å². The monoisotopic (exact) mass is 498 g/mol. The van der Waals surface area contributed by atoms with Gasteiger partial charge in [-0.3, -0.25) is 9.59 Å². The summed E-state index contributed by atoms with van der Waals surface area (Å²) in [5.41, 5.74) is 0.347. The average molecular weight is 499 g/mol. The molecular formula is C21H22Cl2N3O5S+. The van der Waals surface area contributed by atoms with E-state index in [2.05, 4.69) is 0 Å². The molecule has 32 heavy (non-hydrogen) atoms. The molecule has 4 rings (SSSR count). The van der Waals surface area contributed by atoms with Gasteiger partial charge in [-0.15, -0.1) is 0 Å². The number of rotatable bonds is 5. The Hall–Kier alpha value is -2.17. The number of hydrogen-bond acceptors (Lipinski definition) is 5. The summed E-state index contributed by atoms with van der Waals surface area (Å²) < 4.78 is 32.4. The predicted octanol–water partition coefficient (Wildman–Crippen LogP) is 1.22. The van der Waals surface area contributed by atoms with Crippen LogP contribution in [0.1, 0.15) is 6.42 Å². The van der Waals surface area contributed by atoms with Crippen LogP contribution in [0.3, 0.4) is 0 Å². The van der Waals surface area contributed by atoms with Crippen LogP contribution in [0.25, 0.3) is 0 Å². The molecule has 0 spiro atoms. The second-order valence-electron chi connectivity index (χ2n) is 7.69. The molecule has 1 N–H and O–H groups in total. The van der Waals surface area contributed by atoms with Gasteiger partial charge in [0.25, 0.3) is 5.91 Å². The minimum atomic E-state index is -3.65. The van der Waals surface area contributed by atoms with Crippen LogP contribution in [-0.4, -0.2) is 63.9 Å². The summed E-state index contributed by atoms with van der Waals surface area (Å²) in [4.78, 5) is 27.9. The number of halogens is 2. The Labute approximate surface area is 196 Å². The van der Waals surface area contributed by atoms with Crippen LogP contribution >= 0.6 is 23.2 Å². The van der Waals surface area contributed by atoms with Crippen molar-refractivity contribution in [3.8, 4) is 5.75 Å². The van der Waals surface area contributed by atoms with E-state index >= 15 is 0 Å². The van der Waals surface area contributed by atoms with Crippen molar-refractivity contribution < 1.29 is 27.6 Å². The molecule has 0 unspecified atom stereocenters. The number of carbonyl (C=O) groups is 2. The number of sulfonamides is 1. The van der Waals surface area contributed by atoms with Gasteiger partial charge >= 0.3 is 0 Å². The topological polar surface area (TPSA) is 88.4 Å². The number of hydrogen-bond donors (Lipinski definition) is 1. The number of methoxy groups -OCH3 is 1. The van der Waals surface area contributed by atoms with E-state index in [4.69, 9.17) is 27.9 Å². The maximum absolute atomic E-state index is 13.1. The Bertz CT molecular complexity index is 1130. The second kappa shape index (κ2) is 8.99. The fourth-order valence-electron chi connectivity index (χ4n) is 4.15. The molecule has 2 aliphatic rings. The first-order chi connectivity index (χ1) is 15.2. The van der Waals surface area contributed by atoms with Crippen molar-refractivity contribution in [2.45, 2.75) is 17.4 Å². The van der Waals surface area contributed by atoms with E-state index in [-0.39, 0.29) is 36.2 Å². The highest BCUT2D eigenvalue weighted by Crippen LogP contribution is 2.29. The van der Waals surface area contributed by atoms with Crippen molar-refractivity contribution >= 4 is 50.7 Å². The van der Waals surface area contributed by atoms with Gasteiger partial charge in [0.15, 0.2) is 6.04 Å². The highest BCUT2D eigenvalue weighted by Gasteiger charge is 2.47. The lowest BCUT2D eigenvalue weighted by Gasteiger charge is -2.33.